The lowest BCUT2D eigenvalue weighted by Crippen LogP contribution is -2.33. The fourth-order valence-electron chi connectivity index (χ4n) is 4.26. The number of hydrogen-bond acceptors (Lipinski definition) is 4. The molecule has 1 aliphatic carbocycles. The molecule has 1 atom stereocenters. The summed E-state index contributed by atoms with van der Waals surface area (Å²) in [5.41, 5.74) is 4.68. The Morgan fingerprint density at radius 1 is 1.24 bits per heavy atom. The third-order valence-electron chi connectivity index (χ3n) is 5.64. The maximum Gasteiger partial charge on any atom is 0.216 e. The van der Waals surface area contributed by atoms with Crippen molar-refractivity contribution in [3.8, 4) is 0 Å². The summed E-state index contributed by atoms with van der Waals surface area (Å²) in [7, 11) is 0. The molecule has 2 N–H and O–H groups in total. The Hall–Kier alpha value is -2.73. The van der Waals surface area contributed by atoms with E-state index in [1.165, 1.54) is 17.7 Å². The van der Waals surface area contributed by atoms with E-state index < -0.39 is 0 Å². The van der Waals surface area contributed by atoms with E-state index in [0.29, 0.717) is 6.04 Å². The molecule has 152 valence electrons. The summed E-state index contributed by atoms with van der Waals surface area (Å²) in [6, 6.07) is 12.7. The standard InChI is InChI=1S/C23H29N5O/c1-17(29)24-13-4-5-15-28(16-22-26-19-10-2-3-11-20(19)27-22)21-12-6-8-18-9-7-14-25-23(18)21/h2-3,7,9-11,14,21H,4-6,8,12-13,15-16H2,1H3,(H,24,29)(H,26,27). The number of imidazole rings is 1. The van der Waals surface area contributed by atoms with Gasteiger partial charge in [-0.05, 0) is 62.4 Å². The first kappa shape index (κ1) is 19.6. The van der Waals surface area contributed by atoms with Crippen LogP contribution in [0.15, 0.2) is 42.6 Å². The number of nitrogens with one attached hydrogen (secondary N) is 2. The lowest BCUT2D eigenvalue weighted by Gasteiger charge is -2.34. The maximum atomic E-state index is 11.1. The summed E-state index contributed by atoms with van der Waals surface area (Å²) in [4.78, 5) is 26.6. The van der Waals surface area contributed by atoms with Crippen molar-refractivity contribution >= 4 is 16.9 Å². The van der Waals surface area contributed by atoms with Gasteiger partial charge in [-0.2, -0.15) is 0 Å². The van der Waals surface area contributed by atoms with Gasteiger partial charge >= 0.3 is 0 Å². The van der Waals surface area contributed by atoms with Gasteiger partial charge in [0.05, 0.1) is 29.3 Å². The van der Waals surface area contributed by atoms with Gasteiger partial charge in [-0.15, -0.1) is 0 Å². The van der Waals surface area contributed by atoms with Crippen molar-refractivity contribution in [2.75, 3.05) is 13.1 Å². The summed E-state index contributed by atoms with van der Waals surface area (Å²) >= 11 is 0. The molecule has 0 fully saturated rings. The Kier molecular flexibility index (Phi) is 6.20. The van der Waals surface area contributed by atoms with Crippen LogP contribution in [-0.4, -0.2) is 38.8 Å². The van der Waals surface area contributed by atoms with Crippen molar-refractivity contribution in [3.05, 3.63) is 59.7 Å². The predicted molar refractivity (Wildman–Crippen MR) is 114 cm³/mol. The fourth-order valence-corrected chi connectivity index (χ4v) is 4.26. The third-order valence-corrected chi connectivity index (χ3v) is 5.64. The largest absolute Gasteiger partial charge is 0.356 e. The van der Waals surface area contributed by atoms with Crippen LogP contribution in [0.4, 0.5) is 0 Å². The SMILES string of the molecule is CC(=O)NCCCCN(Cc1nc2ccccc2[nH]1)C1CCCc2cccnc21. The van der Waals surface area contributed by atoms with Crippen LogP contribution in [0, 0.1) is 0 Å². The number of fused-ring (bicyclic) bond motifs is 2. The smallest absolute Gasteiger partial charge is 0.216 e. The number of carbonyl (C=O) groups is 1. The van der Waals surface area contributed by atoms with E-state index in [-0.39, 0.29) is 5.91 Å². The molecule has 6 nitrogen and oxygen atoms in total. The van der Waals surface area contributed by atoms with Crippen LogP contribution in [0.3, 0.4) is 0 Å². The summed E-state index contributed by atoms with van der Waals surface area (Å²) in [6.07, 6.45) is 7.33. The highest BCUT2D eigenvalue weighted by Crippen LogP contribution is 2.33. The number of benzene rings is 1. The average Bonchev–Trinajstić information content (AvgIpc) is 3.14. The van der Waals surface area contributed by atoms with Crippen LogP contribution < -0.4 is 5.32 Å². The van der Waals surface area contributed by atoms with Crippen LogP contribution in [-0.2, 0) is 17.8 Å². The van der Waals surface area contributed by atoms with Crippen molar-refractivity contribution < 1.29 is 4.79 Å². The molecule has 1 amide bonds. The van der Waals surface area contributed by atoms with Crippen LogP contribution >= 0.6 is 0 Å². The van der Waals surface area contributed by atoms with Gasteiger partial charge in [0, 0.05) is 19.7 Å². The van der Waals surface area contributed by atoms with Crippen molar-refractivity contribution in [1.29, 1.82) is 0 Å². The zero-order valence-corrected chi connectivity index (χ0v) is 17.0. The second-order valence-electron chi connectivity index (χ2n) is 7.82. The molecule has 3 aromatic rings. The van der Waals surface area contributed by atoms with Gasteiger partial charge in [0.25, 0.3) is 0 Å². The number of carbonyl (C=O) groups excluding carboxylic acids is 1. The molecular weight excluding hydrogens is 362 g/mol. The summed E-state index contributed by atoms with van der Waals surface area (Å²) < 4.78 is 0. The number of aromatic nitrogens is 3. The lowest BCUT2D eigenvalue weighted by atomic mass is 9.90. The number of hydrogen-bond donors (Lipinski definition) is 2. The lowest BCUT2D eigenvalue weighted by molar-refractivity contribution is -0.118. The molecule has 1 aliphatic rings. The number of rotatable bonds is 8. The maximum absolute atomic E-state index is 11.1. The minimum atomic E-state index is 0.0366. The second-order valence-corrected chi connectivity index (χ2v) is 7.82. The van der Waals surface area contributed by atoms with Crippen LogP contribution in [0.5, 0.6) is 0 Å². The van der Waals surface area contributed by atoms with E-state index in [1.807, 2.05) is 30.5 Å². The van der Waals surface area contributed by atoms with Gasteiger partial charge < -0.3 is 10.3 Å². The zero-order valence-electron chi connectivity index (χ0n) is 17.0. The van der Waals surface area contributed by atoms with Crippen molar-refractivity contribution in [2.24, 2.45) is 0 Å². The quantitative estimate of drug-likeness (QED) is 0.574. The summed E-state index contributed by atoms with van der Waals surface area (Å²) in [5, 5.41) is 2.89. The van der Waals surface area contributed by atoms with Crippen molar-refractivity contribution in [1.82, 2.24) is 25.2 Å². The minimum Gasteiger partial charge on any atom is -0.356 e. The van der Waals surface area contributed by atoms with Gasteiger partial charge in [0.1, 0.15) is 5.82 Å². The number of aromatic amines is 1. The Morgan fingerprint density at radius 3 is 3.00 bits per heavy atom. The highest BCUT2D eigenvalue weighted by Gasteiger charge is 2.27. The predicted octanol–water partition coefficient (Wildman–Crippen LogP) is 3.75. The van der Waals surface area contributed by atoms with Crippen LogP contribution in [0.25, 0.3) is 11.0 Å². The molecule has 4 rings (SSSR count). The molecule has 0 spiro atoms. The number of nitrogens with zero attached hydrogens (tertiary/aromatic N) is 3. The molecule has 0 saturated heterocycles. The van der Waals surface area contributed by atoms with Crippen molar-refractivity contribution in [3.63, 3.8) is 0 Å². The second kappa shape index (κ2) is 9.18. The highest BCUT2D eigenvalue weighted by atomic mass is 16.1. The number of pyridine rings is 1. The Bertz CT molecular complexity index is 934. The number of amides is 1. The molecule has 1 aromatic carbocycles. The Morgan fingerprint density at radius 2 is 2.14 bits per heavy atom. The Labute approximate surface area is 171 Å². The third kappa shape index (κ3) is 4.82. The zero-order chi connectivity index (χ0) is 20.1. The summed E-state index contributed by atoms with van der Waals surface area (Å²) in [6.45, 7) is 4.03. The fraction of sp³-hybridized carbons (Fsp3) is 0.435. The topological polar surface area (TPSA) is 73.9 Å². The number of para-hydroxylation sites is 2. The van der Waals surface area contributed by atoms with Gasteiger partial charge in [-0.3, -0.25) is 14.7 Å². The van der Waals surface area contributed by atoms with Crippen LogP contribution in [0.1, 0.15) is 55.7 Å². The van der Waals surface area contributed by atoms with Gasteiger partial charge in [-0.1, -0.05) is 18.2 Å². The first-order chi connectivity index (χ1) is 14.2. The molecule has 0 aliphatic heterocycles. The molecule has 2 heterocycles. The molecule has 6 heteroatoms. The first-order valence-electron chi connectivity index (χ1n) is 10.6. The van der Waals surface area contributed by atoms with E-state index in [4.69, 9.17) is 9.97 Å². The summed E-state index contributed by atoms with van der Waals surface area (Å²) in [5.74, 6) is 1.03. The van der Waals surface area contributed by atoms with Gasteiger partial charge in [0.2, 0.25) is 5.91 Å². The van der Waals surface area contributed by atoms with E-state index in [2.05, 4.69) is 27.3 Å². The highest BCUT2D eigenvalue weighted by molar-refractivity contribution is 5.74. The number of unbranched alkanes of at least 4 members (excludes halogenated alkanes) is 1. The minimum absolute atomic E-state index is 0.0366. The molecule has 2 aromatic heterocycles. The molecular formula is C23H29N5O. The molecule has 29 heavy (non-hydrogen) atoms. The van der Waals surface area contributed by atoms with E-state index in [9.17, 15) is 4.79 Å². The van der Waals surface area contributed by atoms with E-state index in [1.54, 1.807) is 6.92 Å². The van der Waals surface area contributed by atoms with E-state index >= 15 is 0 Å². The van der Waals surface area contributed by atoms with Gasteiger partial charge in [0.15, 0.2) is 0 Å². The number of aryl methyl sites for hydroxylation is 1. The molecule has 0 radical (unpaired) electrons. The monoisotopic (exact) mass is 391 g/mol. The molecule has 1 unspecified atom stereocenters. The van der Waals surface area contributed by atoms with E-state index in [0.717, 1.165) is 62.2 Å². The molecule has 0 saturated carbocycles. The Balaban J connectivity index is 1.51. The van der Waals surface area contributed by atoms with Crippen molar-refractivity contribution in [2.45, 2.75) is 51.6 Å². The van der Waals surface area contributed by atoms with Crippen LogP contribution in [0.2, 0.25) is 0 Å². The van der Waals surface area contributed by atoms with Gasteiger partial charge in [-0.25, -0.2) is 4.98 Å². The average molecular weight is 392 g/mol. The number of H-pyrrole nitrogens is 1. The normalized spacial score (nSPS) is 16.1. The first-order valence-corrected chi connectivity index (χ1v) is 10.6. The molecule has 0 bridgehead atoms.